The lowest BCUT2D eigenvalue weighted by atomic mass is 10.1. The molecule has 3 aromatic carbocycles. The molecule has 0 spiro atoms. The molecule has 0 radical (unpaired) electrons. The Morgan fingerprint density at radius 3 is 0.990 bits per heavy atom. The van der Waals surface area contributed by atoms with Gasteiger partial charge >= 0.3 is 30.5 Å². The average Bonchev–Trinajstić information content (AvgIpc) is 0.867. The maximum absolute atomic E-state index is 11.7. The molecule has 2 heterocycles. The van der Waals surface area contributed by atoms with Crippen molar-refractivity contribution in [3.63, 3.8) is 0 Å². The van der Waals surface area contributed by atoms with Crippen LogP contribution in [0, 0.1) is 89.4 Å². The zero-order valence-electron chi connectivity index (χ0n) is 64.8. The Balaban J connectivity index is 0.000000644. The van der Waals surface area contributed by atoms with Gasteiger partial charge in [-0.15, -0.1) is 32.1 Å². The Morgan fingerprint density at radius 2 is 0.689 bits per heavy atom. The molecule has 0 saturated heterocycles. The van der Waals surface area contributed by atoms with Crippen LogP contribution < -0.4 is 19.5 Å². The summed E-state index contributed by atoms with van der Waals surface area (Å²) in [5, 5.41) is 3.08. The molecule has 24 nitrogen and oxygen atoms in total. The minimum atomic E-state index is -0.365. The van der Waals surface area contributed by atoms with E-state index < -0.39 is 0 Å². The summed E-state index contributed by atoms with van der Waals surface area (Å²) in [6, 6.07) is 23.1. The smallest absolute Gasteiger partial charge is 0.414 e. The number of carbonyl (C=O) groups is 5. The van der Waals surface area contributed by atoms with Crippen LogP contribution in [0.25, 0.3) is 0 Å². The Kier molecular flexibility index (Phi) is 43.5. The minimum absolute atomic E-state index is 0.126. The van der Waals surface area contributed by atoms with Gasteiger partial charge in [0.2, 0.25) is 0 Å². The minimum Gasteiger partial charge on any atom is -0.443 e. The van der Waals surface area contributed by atoms with Gasteiger partial charge in [-0.3, -0.25) is 39.5 Å². The number of amides is 5. The highest BCUT2D eigenvalue weighted by Gasteiger charge is 2.20. The lowest BCUT2D eigenvalue weighted by Crippen LogP contribution is -2.29. The normalized spacial score (nSPS) is 11.1. The number of aromatic nitrogens is 4. The summed E-state index contributed by atoms with van der Waals surface area (Å²) >= 11 is 0. The molecule has 3 atom stereocenters. The maximum atomic E-state index is 11.7. The van der Waals surface area contributed by atoms with Crippen LogP contribution in [0.3, 0.4) is 0 Å². The van der Waals surface area contributed by atoms with Gasteiger partial charge in [-0.1, -0.05) is 66.0 Å². The largest absolute Gasteiger partial charge is 0.443 e. The lowest BCUT2D eigenvalue weighted by molar-refractivity contribution is 0.104. The molecule has 558 valence electrons. The highest BCUT2D eigenvalue weighted by atomic mass is 16.6. The third-order valence-electron chi connectivity index (χ3n) is 16.4. The van der Waals surface area contributed by atoms with Gasteiger partial charge in [0, 0.05) is 99.2 Å². The summed E-state index contributed by atoms with van der Waals surface area (Å²) in [6.45, 7) is 30.4. The first kappa shape index (κ1) is 90.8. The lowest BCUT2D eigenvalue weighted by Gasteiger charge is -2.23. The van der Waals surface area contributed by atoms with Gasteiger partial charge in [0.05, 0.1) is 78.3 Å². The summed E-state index contributed by atoms with van der Waals surface area (Å²) in [5.41, 5.74) is 9.42. The summed E-state index contributed by atoms with van der Waals surface area (Å²) in [6.07, 6.45) is 24.7. The first-order chi connectivity index (χ1) is 48.8. The summed E-state index contributed by atoms with van der Waals surface area (Å²) in [5.74, 6) is 14.6. The van der Waals surface area contributed by atoms with Gasteiger partial charge in [0.15, 0.2) is 0 Å². The van der Waals surface area contributed by atoms with E-state index in [1.54, 1.807) is 53.4 Å². The van der Waals surface area contributed by atoms with E-state index in [1.807, 2.05) is 150 Å². The van der Waals surface area contributed by atoms with Crippen LogP contribution in [0.4, 0.5) is 24.0 Å². The predicted octanol–water partition coefficient (Wildman–Crippen LogP) is 11.4. The fourth-order valence-corrected chi connectivity index (χ4v) is 8.48. The van der Waals surface area contributed by atoms with Gasteiger partial charge in [-0.05, 0) is 164 Å². The van der Waals surface area contributed by atoms with E-state index in [0.717, 1.165) is 50.9 Å². The number of nitrogens with zero attached hydrogens (tertiary/aromatic N) is 13. The number of rotatable bonds is 27. The van der Waals surface area contributed by atoms with Crippen molar-refractivity contribution in [2.45, 2.75) is 128 Å². The molecular weight excluding hydrogens is 1300 g/mol. The van der Waals surface area contributed by atoms with Crippen LogP contribution in [0.15, 0.2) is 72.8 Å². The van der Waals surface area contributed by atoms with Crippen molar-refractivity contribution < 1.29 is 47.7 Å². The highest BCUT2D eigenvalue weighted by molar-refractivity contribution is 5.71. The number of carbonyl (C=O) groups excluding carboxylic acids is 5. The molecular formula is C79H112N14O10. The predicted molar refractivity (Wildman–Crippen MR) is 408 cm³/mol. The Labute approximate surface area is 615 Å². The number of aryl methyl sites for hydroxylation is 4. The van der Waals surface area contributed by atoms with Crippen molar-refractivity contribution in [2.75, 3.05) is 129 Å². The molecule has 2 aromatic heterocycles. The summed E-state index contributed by atoms with van der Waals surface area (Å²) in [7, 11) is 16.3. The number of hydrogen-bond donors (Lipinski definition) is 1. The zero-order chi connectivity index (χ0) is 77.9. The van der Waals surface area contributed by atoms with Crippen LogP contribution in [0.2, 0.25) is 0 Å². The number of nitrogens with one attached hydrogen (secondary N) is 1. The van der Waals surface area contributed by atoms with Gasteiger partial charge in [-0.2, -0.15) is 0 Å². The highest BCUT2D eigenvalue weighted by Crippen LogP contribution is 2.26. The van der Waals surface area contributed by atoms with Gasteiger partial charge in [-0.25, -0.2) is 24.0 Å². The fraction of sp³-hybridized carbons (Fsp3) is 0.481. The summed E-state index contributed by atoms with van der Waals surface area (Å²) in [4.78, 5) is 92.2. The van der Waals surface area contributed by atoms with Gasteiger partial charge in [0.25, 0.3) is 0 Å². The van der Waals surface area contributed by atoms with Crippen LogP contribution >= 0.6 is 0 Å². The van der Waals surface area contributed by atoms with E-state index in [9.17, 15) is 24.0 Å². The van der Waals surface area contributed by atoms with Crippen LogP contribution in [0.1, 0.15) is 136 Å². The van der Waals surface area contributed by atoms with Crippen molar-refractivity contribution in [1.82, 2.24) is 69.4 Å². The molecule has 5 rings (SSSR count). The molecule has 1 N–H and O–H groups in total. The quantitative estimate of drug-likeness (QED) is 0.0381. The van der Waals surface area contributed by atoms with Crippen LogP contribution in [0.5, 0.6) is 17.2 Å². The van der Waals surface area contributed by atoms with E-state index >= 15 is 0 Å². The number of benzene rings is 3. The molecule has 0 fully saturated rings. The first-order valence-electron chi connectivity index (χ1n) is 34.0. The van der Waals surface area contributed by atoms with Gasteiger partial charge in [0.1, 0.15) is 30.5 Å². The zero-order valence-corrected chi connectivity index (χ0v) is 64.8. The van der Waals surface area contributed by atoms with Gasteiger partial charge < -0.3 is 53.5 Å². The fourth-order valence-electron chi connectivity index (χ4n) is 8.48. The molecule has 1 unspecified atom stereocenters. The van der Waals surface area contributed by atoms with E-state index in [-0.39, 0.29) is 61.8 Å². The molecule has 0 aliphatic rings. The van der Waals surface area contributed by atoms with Crippen LogP contribution in [-0.2, 0) is 35.8 Å². The van der Waals surface area contributed by atoms with Crippen molar-refractivity contribution >= 4 is 30.5 Å². The standard InChI is InChI=1S/C16H24N4O2.3C16H22N2O2.C15H22N4O2/c1-7-9-19(5)10-14-12(3)18-15(13(4)17-14)11-22-16(21)20(6)8-2;3*1-6-11-18(5)13(3)14-9-8-10-15(12-14)20-16(19)17(4)7-2;1-6-8-16-9-13-11(3)18-14(12(4)17-13)10-21-15(20)19(5)7-2/h1H,8-11H2,2-6H3;3*1,8-10,12-13H,7,11H2,2-5H3;1,16H,7-10H2,2-5H3/t;2*13-;;/m.10../s1. The monoisotopic (exact) mass is 1420 g/mol. The van der Waals surface area contributed by atoms with Crippen LogP contribution in [-0.4, -0.2) is 223 Å². The molecule has 0 aliphatic heterocycles. The number of hydrogen-bond acceptors (Lipinski definition) is 19. The van der Waals surface area contributed by atoms with E-state index in [4.69, 9.17) is 55.8 Å². The Bertz CT molecular complexity index is 3470. The van der Waals surface area contributed by atoms with Crippen molar-refractivity contribution in [2.24, 2.45) is 0 Å². The SMILES string of the molecule is C#CCN(C)C(C)c1cccc(OC(=O)N(C)CC)c1.C#CCN(C)Cc1nc(C)c(COC(=O)N(C)CC)nc1C.C#CCN(C)[C@@H](C)c1cccc(OC(=O)N(C)CC)c1.C#CCN(C)[C@H](C)c1cccc(OC(=O)N(C)CC)c1.C#CCNCc1nc(C)c(COC(=O)N(C)CC)nc1C. The van der Waals surface area contributed by atoms with E-state index in [0.29, 0.717) is 107 Å². The maximum Gasteiger partial charge on any atom is 0.414 e. The molecule has 103 heavy (non-hydrogen) atoms. The number of terminal acetylenes is 5. The molecule has 0 saturated carbocycles. The second kappa shape index (κ2) is 49.4. The third kappa shape index (κ3) is 33.4. The third-order valence-corrected chi connectivity index (χ3v) is 16.4. The van der Waals surface area contributed by atoms with E-state index in [1.165, 1.54) is 24.5 Å². The van der Waals surface area contributed by atoms with Crippen molar-refractivity contribution in [3.8, 4) is 79.0 Å². The first-order valence-corrected chi connectivity index (χ1v) is 34.0. The second-order valence-electron chi connectivity index (χ2n) is 24.1. The molecule has 5 amide bonds. The molecule has 0 aliphatic carbocycles. The Hall–Kier alpha value is -10.2. The second-order valence-corrected chi connectivity index (χ2v) is 24.1. The van der Waals surface area contributed by atoms with Crippen molar-refractivity contribution in [1.29, 1.82) is 0 Å². The van der Waals surface area contributed by atoms with Crippen molar-refractivity contribution in [3.05, 3.63) is 135 Å². The number of ether oxygens (including phenoxy) is 5. The Morgan fingerprint density at radius 1 is 0.408 bits per heavy atom. The molecule has 5 aromatic rings. The molecule has 0 bridgehead atoms. The summed E-state index contributed by atoms with van der Waals surface area (Å²) < 4.78 is 26.4. The van der Waals surface area contributed by atoms with E-state index in [2.05, 4.69) is 90.3 Å². The molecule has 24 heteroatoms. The topological polar surface area (TPSA) is 224 Å². The average molecular weight is 1420 g/mol.